The second kappa shape index (κ2) is 25.3. The maximum atomic E-state index is 14.5. The number of aliphatic hydroxyl groups excluding tert-OH is 3. The molecule has 0 amide bonds. The fourth-order valence-corrected chi connectivity index (χ4v) is 13.7. The first-order valence-corrected chi connectivity index (χ1v) is 29.8. The molecule has 2 aliphatic carbocycles. The topological polar surface area (TPSA) is 293 Å². The molecule has 6 saturated heterocycles. The summed E-state index contributed by atoms with van der Waals surface area (Å²) in [4.78, 5) is 32.9. The summed E-state index contributed by atoms with van der Waals surface area (Å²) < 4.78 is 77.5. The van der Waals surface area contributed by atoms with Gasteiger partial charge in [-0.05, 0) is 101 Å². The van der Waals surface area contributed by atoms with Gasteiger partial charge in [0.25, 0.3) is 0 Å². The number of phenols is 3. The molecule has 0 radical (unpaired) electrons. The summed E-state index contributed by atoms with van der Waals surface area (Å²) in [5.74, 6) is -3.62. The van der Waals surface area contributed by atoms with Crippen molar-refractivity contribution >= 4 is 11.6 Å². The summed E-state index contributed by atoms with van der Waals surface area (Å²) in [6, 6.07) is 3.29. The Kier molecular flexibility index (Phi) is 19.0. The summed E-state index contributed by atoms with van der Waals surface area (Å²) >= 11 is 0. The van der Waals surface area contributed by atoms with Crippen LogP contribution in [0, 0.1) is 0 Å². The molecule has 24 atom stereocenters. The molecular weight excluding hydrogens is 1080 g/mol. The number of hydrogen-bond acceptors (Lipinski definition) is 23. The van der Waals surface area contributed by atoms with Crippen molar-refractivity contribution in [3.05, 3.63) is 51.6 Å². The number of rotatable bonds is 15. The van der Waals surface area contributed by atoms with Gasteiger partial charge >= 0.3 is 0 Å². The van der Waals surface area contributed by atoms with Gasteiger partial charge in [-0.2, -0.15) is 0 Å². The molecule has 24 unspecified atom stereocenters. The van der Waals surface area contributed by atoms with Crippen molar-refractivity contribution in [3.63, 3.8) is 0 Å². The fourth-order valence-electron chi connectivity index (χ4n) is 13.7. The van der Waals surface area contributed by atoms with E-state index >= 15 is 0 Å². The molecule has 6 fully saturated rings. The molecule has 0 saturated carbocycles. The smallest absolute Gasteiger partial charge is 0.202 e. The minimum atomic E-state index is -1.87. The second-order valence-electron chi connectivity index (χ2n) is 24.7. The normalized spacial score (nSPS) is 42.3. The zero-order chi connectivity index (χ0) is 59.7. The Hall–Kier alpha value is -3.54. The van der Waals surface area contributed by atoms with Gasteiger partial charge in [0.15, 0.2) is 43.5 Å². The molecule has 6 aliphatic heterocycles. The van der Waals surface area contributed by atoms with E-state index < -0.39 is 138 Å². The Morgan fingerprint density at radius 2 is 1.01 bits per heavy atom. The highest BCUT2D eigenvalue weighted by atomic mass is 16.8. The van der Waals surface area contributed by atoms with Gasteiger partial charge in [0, 0.05) is 73.7 Å². The van der Waals surface area contributed by atoms with Crippen LogP contribution in [0.15, 0.2) is 18.2 Å². The summed E-state index contributed by atoms with van der Waals surface area (Å²) in [6.45, 7) is 12.8. The van der Waals surface area contributed by atoms with Crippen molar-refractivity contribution in [1.29, 1.82) is 0 Å². The molecule has 464 valence electrons. The van der Waals surface area contributed by atoms with Gasteiger partial charge in [-0.1, -0.05) is 19.1 Å². The number of phenolic OH excluding ortho intramolecular Hbond substituents is 3. The number of ether oxygens (including phenoxy) is 12. The van der Waals surface area contributed by atoms with E-state index in [1.165, 1.54) is 18.2 Å². The average Bonchev–Trinajstić information content (AvgIpc) is 1.04. The van der Waals surface area contributed by atoms with Crippen LogP contribution in [0.5, 0.6) is 17.2 Å². The lowest BCUT2D eigenvalue weighted by molar-refractivity contribution is -0.326. The van der Waals surface area contributed by atoms with Crippen LogP contribution in [-0.4, -0.2) is 220 Å². The van der Waals surface area contributed by atoms with Gasteiger partial charge < -0.3 is 102 Å². The first-order valence-electron chi connectivity index (χ1n) is 29.8. The third-order valence-corrected chi connectivity index (χ3v) is 18.6. The number of benzene rings is 2. The number of nitrogens with zero attached hydrogens (tertiary/aromatic N) is 2. The van der Waals surface area contributed by atoms with E-state index in [9.17, 15) is 45.3 Å². The number of aliphatic hydroxyl groups is 4. The van der Waals surface area contributed by atoms with E-state index in [1.54, 1.807) is 20.8 Å². The minimum Gasteiger partial charge on any atom is -0.507 e. The van der Waals surface area contributed by atoms with Crippen molar-refractivity contribution in [2.45, 2.75) is 266 Å². The summed E-state index contributed by atoms with van der Waals surface area (Å²) in [6.07, 6.45) is -10.2. The second-order valence-corrected chi connectivity index (χ2v) is 24.7. The summed E-state index contributed by atoms with van der Waals surface area (Å²) in [5.41, 5.74) is -3.72. The quantitative estimate of drug-likeness (QED) is 0.101. The van der Waals surface area contributed by atoms with Crippen LogP contribution in [0.4, 0.5) is 0 Å². The molecule has 83 heavy (non-hydrogen) atoms. The SMILES string of the molecule is CCC1(O)CC(OC2CC(N(C)C)C(OC3CC(O)C(O)C(C)O3)C(C)O2)c2c(O)c3c(c(O)c2C1OC1CC(N(C)C)C(OC2CCC(OC4CCC(OC5CCC(O)C(C)O5)C(C)O4)C(C)O2)C(C)O1)C(=O)c1cccc(O)c1C3=O. The van der Waals surface area contributed by atoms with Gasteiger partial charge in [-0.25, -0.2) is 0 Å². The lowest BCUT2D eigenvalue weighted by Gasteiger charge is -2.50. The average molecular weight is 1170 g/mol. The molecule has 0 bridgehead atoms. The Morgan fingerprint density at radius 1 is 0.530 bits per heavy atom. The Bertz CT molecular complexity index is 2610. The highest BCUT2D eigenvalue weighted by Crippen LogP contribution is 2.58. The van der Waals surface area contributed by atoms with Crippen LogP contribution in [0.2, 0.25) is 0 Å². The molecule has 10 rings (SSSR count). The number of fused-ring (bicyclic) bond motifs is 3. The standard InChI is InChI=1S/C60H88N2O21/c1-12-60(71)25-40(80-44-22-33(61(8)9)58(31(7)76-44)82-46-24-37(65)52(66)29(5)75-46)48-51(56(70)49-50(55(48)69)54(68)47-32(53(49)67)14-13-15-36(47)64)59(60)83-45-23-34(62(10)11)57(30(6)77-45)81-43-21-18-39(28(4)74-43)79-42-20-17-38(27(3)73-42)78-41-19-16-35(63)26(2)72-41/h13-15,26-31,33-35,37-46,52,57-59,63-66,69-71H,12,16-25H2,1-11H3. The zero-order valence-corrected chi connectivity index (χ0v) is 49.5. The number of aromatic hydroxyl groups is 3. The molecule has 0 spiro atoms. The fraction of sp³-hybridized carbons (Fsp3) is 0.767. The maximum absolute atomic E-state index is 14.5. The largest absolute Gasteiger partial charge is 0.507 e. The molecule has 23 nitrogen and oxygen atoms in total. The number of carbonyl (C=O) groups is 2. The van der Waals surface area contributed by atoms with Crippen molar-refractivity contribution in [2.75, 3.05) is 28.2 Å². The molecule has 2 aromatic carbocycles. The monoisotopic (exact) mass is 1170 g/mol. The minimum absolute atomic E-state index is 0.0197. The van der Waals surface area contributed by atoms with Crippen LogP contribution in [-0.2, 0) is 56.8 Å². The predicted molar refractivity (Wildman–Crippen MR) is 292 cm³/mol. The van der Waals surface area contributed by atoms with Crippen LogP contribution in [0.3, 0.4) is 0 Å². The number of likely N-dealkylation sites (N-methyl/N-ethyl adjacent to an activating group) is 2. The van der Waals surface area contributed by atoms with Gasteiger partial charge in [-0.15, -0.1) is 0 Å². The predicted octanol–water partition coefficient (Wildman–Crippen LogP) is 4.70. The molecular formula is C60H88N2O21. The third-order valence-electron chi connectivity index (χ3n) is 18.6. The van der Waals surface area contributed by atoms with Crippen LogP contribution in [0.25, 0.3) is 0 Å². The van der Waals surface area contributed by atoms with E-state index in [4.69, 9.17) is 56.8 Å². The van der Waals surface area contributed by atoms with Gasteiger partial charge in [0.05, 0.1) is 89.4 Å². The van der Waals surface area contributed by atoms with Crippen molar-refractivity contribution in [2.24, 2.45) is 0 Å². The lowest BCUT2D eigenvalue weighted by Crippen LogP contribution is -2.58. The van der Waals surface area contributed by atoms with Gasteiger partial charge in [0.2, 0.25) is 5.78 Å². The number of ketones is 2. The van der Waals surface area contributed by atoms with E-state index in [-0.39, 0.29) is 103 Å². The molecule has 2 aromatic rings. The van der Waals surface area contributed by atoms with Gasteiger partial charge in [-0.3, -0.25) is 9.59 Å². The van der Waals surface area contributed by atoms with Gasteiger partial charge in [0.1, 0.15) is 41.7 Å². The highest BCUT2D eigenvalue weighted by molar-refractivity contribution is 6.31. The first-order chi connectivity index (χ1) is 39.4. The Balaban J connectivity index is 0.860. The Morgan fingerprint density at radius 3 is 1.55 bits per heavy atom. The molecule has 8 aliphatic rings. The van der Waals surface area contributed by atoms with E-state index in [1.807, 2.05) is 65.7 Å². The molecule has 23 heteroatoms. The summed E-state index contributed by atoms with van der Waals surface area (Å²) in [7, 11) is 7.55. The third kappa shape index (κ3) is 12.5. The number of carbonyl (C=O) groups excluding carboxylic acids is 2. The van der Waals surface area contributed by atoms with Crippen LogP contribution in [0.1, 0.15) is 174 Å². The lowest BCUT2D eigenvalue weighted by atomic mass is 9.70. The Labute approximate surface area is 485 Å². The molecule has 6 heterocycles. The van der Waals surface area contributed by atoms with E-state index in [0.29, 0.717) is 32.1 Å². The maximum Gasteiger partial charge on any atom is 0.202 e. The van der Waals surface area contributed by atoms with Crippen LogP contribution >= 0.6 is 0 Å². The molecule has 7 N–H and O–H groups in total. The zero-order valence-electron chi connectivity index (χ0n) is 49.5. The van der Waals surface area contributed by atoms with Crippen molar-refractivity contribution in [3.8, 4) is 17.2 Å². The van der Waals surface area contributed by atoms with Crippen molar-refractivity contribution in [1.82, 2.24) is 9.80 Å². The first kappa shape index (κ1) is 62.5. The highest BCUT2D eigenvalue weighted by Gasteiger charge is 2.55. The summed E-state index contributed by atoms with van der Waals surface area (Å²) in [5, 5.41) is 80.2. The number of hydrogen-bond donors (Lipinski definition) is 7. The van der Waals surface area contributed by atoms with Crippen molar-refractivity contribution < 1.29 is 102 Å². The van der Waals surface area contributed by atoms with E-state index in [2.05, 4.69) is 0 Å². The van der Waals surface area contributed by atoms with E-state index in [0.717, 1.165) is 6.42 Å². The molecule has 0 aromatic heterocycles. The van der Waals surface area contributed by atoms with Crippen LogP contribution < -0.4 is 0 Å².